The summed E-state index contributed by atoms with van der Waals surface area (Å²) < 4.78 is 5.22. The van der Waals surface area contributed by atoms with Crippen molar-refractivity contribution in [3.63, 3.8) is 0 Å². The quantitative estimate of drug-likeness (QED) is 0.884. The van der Waals surface area contributed by atoms with Crippen molar-refractivity contribution < 1.29 is 9.53 Å². The van der Waals surface area contributed by atoms with E-state index in [1.165, 1.54) is 4.88 Å². The highest BCUT2D eigenvalue weighted by Gasteiger charge is 2.14. The second-order valence-corrected chi connectivity index (χ2v) is 5.45. The molecule has 2 aromatic rings. The molecule has 1 amide bonds. The molecule has 0 bridgehead atoms. The molecule has 0 spiro atoms. The van der Waals surface area contributed by atoms with Gasteiger partial charge in [-0.1, -0.05) is 0 Å². The summed E-state index contributed by atoms with van der Waals surface area (Å²) in [5.41, 5.74) is 0.900. The third kappa shape index (κ3) is 3.42. The number of carbonyl (C=O) groups is 1. The molecule has 0 saturated heterocycles. The van der Waals surface area contributed by atoms with Crippen LogP contribution in [0.5, 0.6) is 0 Å². The molecule has 0 aliphatic rings. The Hall–Kier alpha value is -1.66. The second-order valence-electron chi connectivity index (χ2n) is 4.16. The molecule has 19 heavy (non-hydrogen) atoms. The van der Waals surface area contributed by atoms with Crippen LogP contribution in [0.15, 0.2) is 18.2 Å². The maximum Gasteiger partial charge on any atom is 0.254 e. The number of amides is 1. The number of carbonyl (C=O) groups excluding carboxylic acids is 1. The average molecular weight is 279 g/mol. The van der Waals surface area contributed by atoms with Gasteiger partial charge in [0.15, 0.2) is 5.82 Å². The van der Waals surface area contributed by atoms with Gasteiger partial charge < -0.3 is 10.1 Å². The summed E-state index contributed by atoms with van der Waals surface area (Å²) in [6.07, 6.45) is -0.478. The van der Waals surface area contributed by atoms with E-state index in [1.54, 1.807) is 18.3 Å². The predicted octanol–water partition coefficient (Wildman–Crippen LogP) is 2.81. The number of aromatic nitrogens is 2. The molecule has 5 nitrogen and oxygen atoms in total. The lowest BCUT2D eigenvalue weighted by Crippen LogP contribution is -2.27. The zero-order valence-electron chi connectivity index (χ0n) is 11.2. The lowest BCUT2D eigenvalue weighted by atomic mass is 10.3. The van der Waals surface area contributed by atoms with Gasteiger partial charge in [-0.05, 0) is 32.9 Å². The molecule has 0 aromatic carbocycles. The predicted molar refractivity (Wildman–Crippen MR) is 76.4 cm³/mol. The molecule has 102 valence electrons. The number of aromatic amines is 1. The number of aryl methyl sites for hydroxylation is 1. The Labute approximate surface area is 116 Å². The minimum Gasteiger partial charge on any atom is -0.369 e. The zero-order chi connectivity index (χ0) is 13.8. The van der Waals surface area contributed by atoms with Crippen LogP contribution in [0.4, 0.5) is 5.82 Å². The van der Waals surface area contributed by atoms with Crippen molar-refractivity contribution in [2.75, 3.05) is 11.9 Å². The van der Waals surface area contributed by atoms with E-state index in [-0.39, 0.29) is 5.91 Å². The maximum atomic E-state index is 11.8. The van der Waals surface area contributed by atoms with Crippen LogP contribution in [0.1, 0.15) is 18.7 Å². The highest BCUT2D eigenvalue weighted by Crippen LogP contribution is 2.27. The van der Waals surface area contributed by atoms with E-state index in [0.717, 1.165) is 10.6 Å². The first-order chi connectivity index (χ1) is 9.10. The van der Waals surface area contributed by atoms with Crippen LogP contribution in [-0.2, 0) is 9.53 Å². The molecule has 2 heterocycles. The van der Waals surface area contributed by atoms with Crippen molar-refractivity contribution in [1.29, 1.82) is 0 Å². The van der Waals surface area contributed by atoms with Gasteiger partial charge in [0.2, 0.25) is 0 Å². The molecular formula is C13H17N3O2S. The highest BCUT2D eigenvalue weighted by molar-refractivity contribution is 7.15. The van der Waals surface area contributed by atoms with Crippen LogP contribution in [0.3, 0.4) is 0 Å². The fraction of sp³-hybridized carbons (Fsp3) is 0.385. The number of rotatable bonds is 5. The van der Waals surface area contributed by atoms with Crippen molar-refractivity contribution in [1.82, 2.24) is 10.2 Å². The van der Waals surface area contributed by atoms with Crippen LogP contribution < -0.4 is 5.32 Å². The molecule has 1 unspecified atom stereocenters. The Morgan fingerprint density at radius 1 is 1.58 bits per heavy atom. The number of anilines is 1. The molecule has 2 rings (SSSR count). The van der Waals surface area contributed by atoms with Crippen LogP contribution in [0, 0.1) is 6.92 Å². The molecule has 0 fully saturated rings. The normalized spacial score (nSPS) is 12.4. The van der Waals surface area contributed by atoms with E-state index < -0.39 is 6.10 Å². The summed E-state index contributed by atoms with van der Waals surface area (Å²) in [6, 6.07) is 5.90. The van der Waals surface area contributed by atoms with Crippen molar-refractivity contribution in [2.45, 2.75) is 26.9 Å². The zero-order valence-corrected chi connectivity index (χ0v) is 12.0. The van der Waals surface area contributed by atoms with Gasteiger partial charge in [0, 0.05) is 17.6 Å². The van der Waals surface area contributed by atoms with Crippen molar-refractivity contribution in [3.05, 3.63) is 23.1 Å². The molecule has 0 radical (unpaired) electrons. The molecule has 6 heteroatoms. The van der Waals surface area contributed by atoms with Crippen molar-refractivity contribution in [2.24, 2.45) is 0 Å². The lowest BCUT2D eigenvalue weighted by Gasteiger charge is -2.09. The molecule has 0 aliphatic heterocycles. The molecule has 1 atom stereocenters. The topological polar surface area (TPSA) is 67.0 Å². The SMILES string of the molecule is CCOC(C)C(=O)Nc1cc(-c2ccc(C)s2)[nH]n1. The fourth-order valence-corrected chi connectivity index (χ4v) is 2.48. The minimum atomic E-state index is -0.478. The smallest absolute Gasteiger partial charge is 0.254 e. The molecule has 0 saturated carbocycles. The molecule has 0 aliphatic carbocycles. The van der Waals surface area contributed by atoms with Crippen LogP contribution >= 0.6 is 11.3 Å². The molecule has 2 N–H and O–H groups in total. The second kappa shape index (κ2) is 5.99. The van der Waals surface area contributed by atoms with Gasteiger partial charge in [0.05, 0.1) is 10.6 Å². The Kier molecular flexibility index (Phi) is 4.34. The van der Waals surface area contributed by atoms with Gasteiger partial charge in [0.1, 0.15) is 6.10 Å². The maximum absolute atomic E-state index is 11.8. The number of nitrogens with one attached hydrogen (secondary N) is 2. The summed E-state index contributed by atoms with van der Waals surface area (Å²) in [5.74, 6) is 0.319. The Bertz CT molecular complexity index is 562. The standard InChI is InChI=1S/C13H17N3O2S/c1-4-18-9(3)13(17)14-12-7-10(15-16-12)11-6-5-8(2)19-11/h5-7,9H,4H2,1-3H3,(H2,14,15,16,17). The fourth-order valence-electron chi connectivity index (χ4n) is 1.64. The van der Waals surface area contributed by atoms with E-state index >= 15 is 0 Å². The number of nitrogens with zero attached hydrogens (tertiary/aromatic N) is 1. The van der Waals surface area contributed by atoms with Gasteiger partial charge in [-0.25, -0.2) is 0 Å². The molecule has 2 aromatic heterocycles. The first-order valence-corrected chi connectivity index (χ1v) is 6.96. The van der Waals surface area contributed by atoms with Crippen LogP contribution in [0.25, 0.3) is 10.6 Å². The summed E-state index contributed by atoms with van der Waals surface area (Å²) >= 11 is 1.68. The van der Waals surface area contributed by atoms with Gasteiger partial charge in [-0.15, -0.1) is 11.3 Å². The Balaban J connectivity index is 2.03. The van der Waals surface area contributed by atoms with Gasteiger partial charge >= 0.3 is 0 Å². The average Bonchev–Trinajstić information content (AvgIpc) is 2.98. The van der Waals surface area contributed by atoms with Crippen molar-refractivity contribution >= 4 is 23.1 Å². The largest absolute Gasteiger partial charge is 0.369 e. The van der Waals surface area contributed by atoms with E-state index in [0.29, 0.717) is 12.4 Å². The third-order valence-electron chi connectivity index (χ3n) is 2.62. The van der Waals surface area contributed by atoms with Gasteiger partial charge in [0.25, 0.3) is 5.91 Å². The van der Waals surface area contributed by atoms with E-state index in [4.69, 9.17) is 4.74 Å². The third-order valence-corrected chi connectivity index (χ3v) is 3.65. The van der Waals surface area contributed by atoms with Crippen molar-refractivity contribution in [3.8, 4) is 10.6 Å². The molecular weight excluding hydrogens is 262 g/mol. The number of H-pyrrole nitrogens is 1. The summed E-state index contributed by atoms with van der Waals surface area (Å²) in [4.78, 5) is 14.1. The number of thiophene rings is 1. The van der Waals surface area contributed by atoms with Crippen LogP contribution in [-0.4, -0.2) is 28.8 Å². The Morgan fingerprint density at radius 3 is 3.00 bits per heavy atom. The highest BCUT2D eigenvalue weighted by atomic mass is 32.1. The summed E-state index contributed by atoms with van der Waals surface area (Å²) in [6.45, 7) is 6.14. The van der Waals surface area contributed by atoms with Gasteiger partial charge in [-0.2, -0.15) is 5.10 Å². The summed E-state index contributed by atoms with van der Waals surface area (Å²) in [7, 11) is 0. The first kappa shape index (κ1) is 13.8. The number of hydrogen-bond donors (Lipinski definition) is 2. The monoisotopic (exact) mass is 279 g/mol. The van der Waals surface area contributed by atoms with E-state index in [9.17, 15) is 4.79 Å². The van der Waals surface area contributed by atoms with E-state index in [2.05, 4.69) is 28.5 Å². The lowest BCUT2D eigenvalue weighted by molar-refractivity contribution is -0.126. The Morgan fingerprint density at radius 2 is 2.37 bits per heavy atom. The van der Waals surface area contributed by atoms with E-state index in [1.807, 2.05) is 19.1 Å². The number of hydrogen-bond acceptors (Lipinski definition) is 4. The minimum absolute atomic E-state index is 0.192. The van der Waals surface area contributed by atoms with Crippen LogP contribution in [0.2, 0.25) is 0 Å². The van der Waals surface area contributed by atoms with Gasteiger partial charge in [-0.3, -0.25) is 9.89 Å². The first-order valence-electron chi connectivity index (χ1n) is 6.15. The number of ether oxygens (including phenoxy) is 1. The summed E-state index contributed by atoms with van der Waals surface area (Å²) in [5, 5.41) is 9.72.